The van der Waals surface area contributed by atoms with Gasteiger partial charge in [0.05, 0.1) is 19.1 Å². The van der Waals surface area contributed by atoms with Gasteiger partial charge in [-0.1, -0.05) is 36.1 Å². The van der Waals surface area contributed by atoms with E-state index in [1.165, 1.54) is 12.8 Å². The lowest BCUT2D eigenvalue weighted by atomic mass is 9.95. The molecular weight excluding hydrogens is 384 g/mol. The number of imidazole rings is 1. The summed E-state index contributed by atoms with van der Waals surface area (Å²) in [5.41, 5.74) is 3.28. The molecule has 160 valence electrons. The first kappa shape index (κ1) is 21.1. The van der Waals surface area contributed by atoms with Crippen LogP contribution in [0.1, 0.15) is 54.2 Å². The van der Waals surface area contributed by atoms with Gasteiger partial charge in [0.2, 0.25) is 0 Å². The van der Waals surface area contributed by atoms with Crippen LogP contribution in [0.25, 0.3) is 0 Å². The van der Waals surface area contributed by atoms with Crippen LogP contribution in [0.4, 0.5) is 0 Å². The molecule has 4 heteroatoms. The second-order valence-electron chi connectivity index (χ2n) is 8.20. The number of ether oxygens (including phenoxy) is 2. The number of hydrogen-bond donors (Lipinski definition) is 0. The summed E-state index contributed by atoms with van der Waals surface area (Å²) in [6.45, 7) is 2.07. The van der Waals surface area contributed by atoms with Gasteiger partial charge in [0.25, 0.3) is 0 Å². The van der Waals surface area contributed by atoms with E-state index in [4.69, 9.17) is 9.47 Å². The Kier molecular flexibility index (Phi) is 6.62. The molecule has 0 bridgehead atoms. The second-order valence-corrected chi connectivity index (χ2v) is 8.20. The first-order chi connectivity index (χ1) is 15.1. The molecule has 0 spiro atoms. The third-order valence-corrected chi connectivity index (χ3v) is 6.05. The van der Waals surface area contributed by atoms with Crippen LogP contribution in [0.15, 0.2) is 54.7 Å². The van der Waals surface area contributed by atoms with E-state index in [0.717, 1.165) is 53.4 Å². The fourth-order valence-electron chi connectivity index (χ4n) is 4.05. The molecule has 1 aliphatic rings. The van der Waals surface area contributed by atoms with E-state index in [2.05, 4.69) is 47.5 Å². The largest absolute Gasteiger partial charge is 0.493 e. The molecule has 0 radical (unpaired) electrons. The van der Waals surface area contributed by atoms with Crippen LogP contribution in [0.2, 0.25) is 0 Å². The van der Waals surface area contributed by atoms with E-state index in [1.807, 2.05) is 42.6 Å². The van der Waals surface area contributed by atoms with Gasteiger partial charge >= 0.3 is 0 Å². The van der Waals surface area contributed by atoms with Crippen molar-refractivity contribution in [1.82, 2.24) is 9.55 Å². The van der Waals surface area contributed by atoms with Crippen molar-refractivity contribution < 1.29 is 9.47 Å². The molecule has 1 aromatic heterocycles. The topological polar surface area (TPSA) is 36.3 Å². The number of nitrogens with zero attached hydrogens (tertiary/aromatic N) is 2. The van der Waals surface area contributed by atoms with E-state index in [0.29, 0.717) is 0 Å². The van der Waals surface area contributed by atoms with Gasteiger partial charge in [0.15, 0.2) is 11.5 Å². The van der Waals surface area contributed by atoms with Crippen molar-refractivity contribution in [3.05, 3.63) is 77.4 Å². The van der Waals surface area contributed by atoms with Crippen LogP contribution < -0.4 is 9.47 Å². The summed E-state index contributed by atoms with van der Waals surface area (Å²) in [5.74, 6) is 9.46. The summed E-state index contributed by atoms with van der Waals surface area (Å²) < 4.78 is 14.1. The van der Waals surface area contributed by atoms with Crippen LogP contribution in [0.3, 0.4) is 0 Å². The van der Waals surface area contributed by atoms with Gasteiger partial charge in [-0.15, -0.1) is 0 Å². The van der Waals surface area contributed by atoms with Gasteiger partial charge in [-0.2, -0.15) is 0 Å². The summed E-state index contributed by atoms with van der Waals surface area (Å²) in [7, 11) is 3.75. The van der Waals surface area contributed by atoms with Gasteiger partial charge in [-0.25, -0.2) is 4.98 Å². The molecular formula is C27H30N2O2. The lowest BCUT2D eigenvalue weighted by molar-refractivity contribution is 0.200. The third-order valence-electron chi connectivity index (χ3n) is 6.05. The molecule has 1 heterocycles. The predicted octanol–water partition coefficient (Wildman–Crippen LogP) is 5.44. The average Bonchev–Trinajstić information content (AvgIpc) is 3.42. The SMILES string of the molecule is COc1ccc(C(C#Cc2ccccc2)Cc2ncc(C)n2C)cc1OC1CCCC1. The van der Waals surface area contributed by atoms with Crippen LogP contribution in [-0.2, 0) is 13.5 Å². The van der Waals surface area contributed by atoms with Crippen LogP contribution in [-0.4, -0.2) is 22.8 Å². The third kappa shape index (κ3) is 5.11. The minimum Gasteiger partial charge on any atom is -0.493 e. The zero-order valence-corrected chi connectivity index (χ0v) is 18.6. The minimum absolute atomic E-state index is 0.00228. The zero-order chi connectivity index (χ0) is 21.6. The minimum atomic E-state index is -0.00228. The predicted molar refractivity (Wildman–Crippen MR) is 124 cm³/mol. The van der Waals surface area contributed by atoms with Crippen LogP contribution in [0.5, 0.6) is 11.5 Å². The lowest BCUT2D eigenvalue weighted by Gasteiger charge is -2.19. The maximum atomic E-state index is 6.33. The Morgan fingerprint density at radius 3 is 2.55 bits per heavy atom. The number of rotatable bonds is 6. The van der Waals surface area contributed by atoms with Gasteiger partial charge in [-0.05, 0) is 62.4 Å². The molecule has 0 saturated heterocycles. The Hall–Kier alpha value is -3.19. The highest BCUT2D eigenvalue weighted by molar-refractivity contribution is 5.47. The molecule has 1 aliphatic carbocycles. The van der Waals surface area contributed by atoms with Crippen molar-refractivity contribution in [3.63, 3.8) is 0 Å². The van der Waals surface area contributed by atoms with E-state index in [9.17, 15) is 0 Å². The first-order valence-corrected chi connectivity index (χ1v) is 11.0. The standard InChI is InChI=1S/C27H30N2O2/c1-20-19-28-27(29(20)2)18-23(14-13-21-9-5-4-6-10-21)22-15-16-25(30-3)26(17-22)31-24-11-7-8-12-24/h4-6,9-10,15-17,19,23-24H,7-8,11-12,18H2,1-3H3. The van der Waals surface area contributed by atoms with E-state index >= 15 is 0 Å². The second kappa shape index (κ2) is 9.75. The summed E-state index contributed by atoms with van der Waals surface area (Å²) >= 11 is 0. The number of aryl methyl sites for hydroxylation is 1. The highest BCUT2D eigenvalue weighted by Gasteiger charge is 2.21. The Labute approximate surface area is 185 Å². The number of hydrogen-bond acceptors (Lipinski definition) is 3. The van der Waals surface area contributed by atoms with E-state index in [-0.39, 0.29) is 12.0 Å². The van der Waals surface area contributed by atoms with Crippen molar-refractivity contribution in [2.24, 2.45) is 7.05 Å². The molecule has 3 aromatic rings. The maximum absolute atomic E-state index is 6.33. The number of benzene rings is 2. The molecule has 0 aliphatic heterocycles. The molecule has 1 fully saturated rings. The van der Waals surface area contributed by atoms with Crippen molar-refractivity contribution in [3.8, 4) is 23.3 Å². The Balaban J connectivity index is 1.68. The zero-order valence-electron chi connectivity index (χ0n) is 18.6. The van der Waals surface area contributed by atoms with Crippen LogP contribution >= 0.6 is 0 Å². The van der Waals surface area contributed by atoms with Gasteiger partial charge < -0.3 is 14.0 Å². The molecule has 0 N–H and O–H groups in total. The molecule has 0 amide bonds. The van der Waals surface area contributed by atoms with Crippen molar-refractivity contribution >= 4 is 0 Å². The highest BCUT2D eigenvalue weighted by atomic mass is 16.5. The molecule has 1 unspecified atom stereocenters. The maximum Gasteiger partial charge on any atom is 0.161 e. The van der Waals surface area contributed by atoms with E-state index in [1.54, 1.807) is 7.11 Å². The fourth-order valence-corrected chi connectivity index (χ4v) is 4.05. The molecule has 4 rings (SSSR count). The average molecular weight is 415 g/mol. The van der Waals surface area contributed by atoms with Crippen molar-refractivity contribution in [2.45, 2.75) is 51.0 Å². The van der Waals surface area contributed by atoms with Gasteiger partial charge in [0.1, 0.15) is 5.82 Å². The van der Waals surface area contributed by atoms with Crippen LogP contribution in [0, 0.1) is 18.8 Å². The molecule has 1 atom stereocenters. The fraction of sp³-hybridized carbons (Fsp3) is 0.370. The Bertz CT molecular complexity index is 1070. The lowest BCUT2D eigenvalue weighted by Crippen LogP contribution is -2.12. The summed E-state index contributed by atoms with van der Waals surface area (Å²) in [6, 6.07) is 16.3. The van der Waals surface area contributed by atoms with Gasteiger partial charge in [-0.3, -0.25) is 0 Å². The number of aromatic nitrogens is 2. The smallest absolute Gasteiger partial charge is 0.161 e. The van der Waals surface area contributed by atoms with Crippen molar-refractivity contribution in [1.29, 1.82) is 0 Å². The van der Waals surface area contributed by atoms with Gasteiger partial charge in [0, 0.05) is 30.9 Å². The Morgan fingerprint density at radius 2 is 1.87 bits per heavy atom. The quantitative estimate of drug-likeness (QED) is 0.504. The summed E-state index contributed by atoms with van der Waals surface area (Å²) in [4.78, 5) is 4.61. The molecule has 2 aromatic carbocycles. The van der Waals surface area contributed by atoms with E-state index < -0.39 is 0 Å². The molecule has 1 saturated carbocycles. The summed E-state index contributed by atoms with van der Waals surface area (Å²) in [5, 5.41) is 0. The number of methoxy groups -OCH3 is 1. The monoisotopic (exact) mass is 414 g/mol. The normalized spacial score (nSPS) is 14.7. The highest BCUT2D eigenvalue weighted by Crippen LogP contribution is 2.35. The molecule has 4 nitrogen and oxygen atoms in total. The summed E-state index contributed by atoms with van der Waals surface area (Å²) in [6.07, 6.45) is 7.61. The first-order valence-electron chi connectivity index (χ1n) is 11.0. The Morgan fingerprint density at radius 1 is 1.10 bits per heavy atom. The molecule has 31 heavy (non-hydrogen) atoms. The van der Waals surface area contributed by atoms with Crippen molar-refractivity contribution in [2.75, 3.05) is 7.11 Å².